The van der Waals surface area contributed by atoms with Gasteiger partial charge in [0.25, 0.3) is 0 Å². The summed E-state index contributed by atoms with van der Waals surface area (Å²) in [5.74, 6) is -0.965. The van der Waals surface area contributed by atoms with Crippen LogP contribution in [0, 0.1) is 5.82 Å². The van der Waals surface area contributed by atoms with Crippen molar-refractivity contribution < 1.29 is 28.2 Å². The lowest BCUT2D eigenvalue weighted by atomic mass is 9.99. The van der Waals surface area contributed by atoms with Crippen molar-refractivity contribution in [3.05, 3.63) is 28.0 Å². The maximum Gasteiger partial charge on any atom is 0.214 e. The van der Waals surface area contributed by atoms with E-state index in [2.05, 4.69) is 39.2 Å². The zero-order chi connectivity index (χ0) is 25.1. The van der Waals surface area contributed by atoms with Crippen molar-refractivity contribution in [2.75, 3.05) is 13.2 Å². The molecule has 0 amide bonds. The number of rotatable bonds is 10. The van der Waals surface area contributed by atoms with Gasteiger partial charge in [0.2, 0.25) is 6.41 Å². The average molecular weight is 492 g/mol. The van der Waals surface area contributed by atoms with Crippen LogP contribution in [-0.4, -0.2) is 44.4 Å². The Balaban J connectivity index is 3.57. The minimum absolute atomic E-state index is 0.0235. The van der Waals surface area contributed by atoms with Crippen LogP contribution >= 0.6 is 11.6 Å². The number of carbonyl (C=O) groups excluding carboxylic acids is 1. The van der Waals surface area contributed by atoms with Crippen molar-refractivity contribution in [2.45, 2.75) is 91.6 Å². The second kappa shape index (κ2) is 10.9. The van der Waals surface area contributed by atoms with E-state index in [0.29, 0.717) is 0 Å². The number of hydrogen-bond donors (Lipinski definition) is 2. The molecule has 0 aromatic heterocycles. The fourth-order valence-corrected chi connectivity index (χ4v) is 3.99. The van der Waals surface area contributed by atoms with E-state index >= 15 is 4.39 Å². The molecule has 0 aliphatic carbocycles. The second-order valence-corrected chi connectivity index (χ2v) is 15.5. The summed E-state index contributed by atoms with van der Waals surface area (Å²) in [7, 11) is -2.23. The highest BCUT2D eigenvalue weighted by Crippen LogP contribution is 2.40. The standard InChI is InChI=1S/C23H39ClFNO5Si/c1-11-29-20-15(14(2)27)12-16(24)19(25)18(20)17(26-21(28)31-22(3,4)5)13-30-32(9,10)23(6,7)8/h12,17,21,26,28H,11,13H2,1-10H3. The molecule has 0 fully saturated rings. The fraction of sp³-hybridized carbons (Fsp3) is 0.696. The number of halogens is 2. The number of benzene rings is 1. The van der Waals surface area contributed by atoms with Crippen LogP contribution in [0.15, 0.2) is 6.07 Å². The molecule has 1 rings (SSSR count). The number of nitrogens with one attached hydrogen (secondary N) is 1. The van der Waals surface area contributed by atoms with Gasteiger partial charge in [0.1, 0.15) is 11.6 Å². The SMILES string of the molecule is CCOc1c(C(C)=O)cc(Cl)c(F)c1C(CO[Si](C)(C)C(C)(C)C)NC(O)OC(C)(C)C. The van der Waals surface area contributed by atoms with Crippen molar-refractivity contribution in [2.24, 2.45) is 0 Å². The molecule has 0 radical (unpaired) electrons. The molecule has 0 aliphatic heterocycles. The molecular weight excluding hydrogens is 453 g/mol. The van der Waals surface area contributed by atoms with Crippen LogP contribution in [0.4, 0.5) is 4.39 Å². The Kier molecular flexibility index (Phi) is 9.90. The van der Waals surface area contributed by atoms with Crippen LogP contribution in [0.3, 0.4) is 0 Å². The van der Waals surface area contributed by atoms with E-state index in [1.165, 1.54) is 13.0 Å². The lowest BCUT2D eigenvalue weighted by Gasteiger charge is -2.38. The Morgan fingerprint density at radius 1 is 1.25 bits per heavy atom. The fourth-order valence-electron chi connectivity index (χ4n) is 2.77. The van der Waals surface area contributed by atoms with Crippen molar-refractivity contribution in [3.63, 3.8) is 0 Å². The van der Waals surface area contributed by atoms with Gasteiger partial charge in [-0.2, -0.15) is 0 Å². The Morgan fingerprint density at radius 3 is 2.25 bits per heavy atom. The van der Waals surface area contributed by atoms with Gasteiger partial charge in [-0.3, -0.25) is 10.1 Å². The van der Waals surface area contributed by atoms with Gasteiger partial charge in [-0.25, -0.2) is 4.39 Å². The second-order valence-electron chi connectivity index (χ2n) is 10.3. The molecule has 184 valence electrons. The summed E-state index contributed by atoms with van der Waals surface area (Å²) in [5.41, 5.74) is -0.462. The third-order valence-corrected chi connectivity index (χ3v) is 10.2. The van der Waals surface area contributed by atoms with Gasteiger partial charge in [0.15, 0.2) is 14.1 Å². The highest BCUT2D eigenvalue weighted by Gasteiger charge is 2.39. The molecule has 0 aliphatic rings. The maximum atomic E-state index is 15.4. The topological polar surface area (TPSA) is 77.0 Å². The Morgan fingerprint density at radius 2 is 1.81 bits per heavy atom. The van der Waals surface area contributed by atoms with E-state index in [9.17, 15) is 9.90 Å². The minimum atomic E-state index is -2.23. The van der Waals surface area contributed by atoms with E-state index < -0.39 is 32.2 Å². The molecule has 32 heavy (non-hydrogen) atoms. The Hall–Kier alpha value is -1.03. The van der Waals surface area contributed by atoms with Crippen molar-refractivity contribution in [1.82, 2.24) is 5.32 Å². The van der Waals surface area contributed by atoms with Crippen LogP contribution in [0.5, 0.6) is 5.75 Å². The highest BCUT2D eigenvalue weighted by atomic mass is 35.5. The minimum Gasteiger partial charge on any atom is -0.493 e. The van der Waals surface area contributed by atoms with Crippen LogP contribution in [0.1, 0.15) is 77.4 Å². The van der Waals surface area contributed by atoms with Crippen LogP contribution < -0.4 is 10.1 Å². The number of hydrogen-bond acceptors (Lipinski definition) is 6. The first-order valence-corrected chi connectivity index (χ1v) is 14.1. The third-order valence-electron chi connectivity index (χ3n) is 5.45. The number of aliphatic hydroxyl groups excluding tert-OH is 1. The van der Waals surface area contributed by atoms with E-state index in [4.69, 9.17) is 25.5 Å². The average Bonchev–Trinajstić information content (AvgIpc) is 2.59. The molecule has 9 heteroatoms. The van der Waals surface area contributed by atoms with Gasteiger partial charge in [-0.15, -0.1) is 0 Å². The molecule has 2 N–H and O–H groups in total. The molecule has 0 heterocycles. The van der Waals surface area contributed by atoms with Gasteiger partial charge >= 0.3 is 0 Å². The van der Waals surface area contributed by atoms with E-state index in [1.807, 2.05) is 0 Å². The van der Waals surface area contributed by atoms with E-state index in [0.717, 1.165) is 0 Å². The smallest absolute Gasteiger partial charge is 0.214 e. The molecule has 0 saturated carbocycles. The molecule has 1 aromatic rings. The van der Waals surface area contributed by atoms with Gasteiger partial charge in [0.05, 0.1) is 41.0 Å². The third kappa shape index (κ3) is 7.78. The number of Topliss-reactive ketones (excluding diaryl/α,β-unsaturated/α-hetero) is 1. The predicted molar refractivity (Wildman–Crippen MR) is 128 cm³/mol. The zero-order valence-corrected chi connectivity index (χ0v) is 22.7. The molecule has 0 spiro atoms. The molecule has 2 atom stereocenters. The molecule has 0 saturated heterocycles. The quantitative estimate of drug-likeness (QED) is 0.244. The van der Waals surface area contributed by atoms with E-state index in [1.54, 1.807) is 27.7 Å². The largest absolute Gasteiger partial charge is 0.493 e. The molecule has 1 aromatic carbocycles. The summed E-state index contributed by atoms with van der Waals surface area (Å²) in [5, 5.41) is 13.1. The molecule has 0 bridgehead atoms. The molecule has 2 unspecified atom stereocenters. The van der Waals surface area contributed by atoms with Crippen LogP contribution in [-0.2, 0) is 9.16 Å². The van der Waals surface area contributed by atoms with Gasteiger partial charge in [0, 0.05) is 0 Å². The summed E-state index contributed by atoms with van der Waals surface area (Å²) in [6, 6.07) is 0.376. The lowest BCUT2D eigenvalue weighted by Crippen LogP contribution is -2.46. The van der Waals surface area contributed by atoms with Crippen LogP contribution in [0.2, 0.25) is 23.2 Å². The summed E-state index contributed by atoms with van der Waals surface area (Å²) >= 11 is 6.15. The Bertz CT molecular complexity index is 805. The van der Waals surface area contributed by atoms with Gasteiger partial charge < -0.3 is 19.0 Å². The molecular formula is C23H39ClFNO5Si. The van der Waals surface area contributed by atoms with Crippen molar-refractivity contribution >= 4 is 25.7 Å². The summed E-state index contributed by atoms with van der Waals surface area (Å²) in [6.45, 7) is 19.1. The van der Waals surface area contributed by atoms with Crippen molar-refractivity contribution in [1.29, 1.82) is 0 Å². The first-order valence-electron chi connectivity index (χ1n) is 10.8. The predicted octanol–water partition coefficient (Wildman–Crippen LogP) is 5.82. The first kappa shape index (κ1) is 29.0. The van der Waals surface area contributed by atoms with E-state index in [-0.39, 0.29) is 45.9 Å². The van der Waals surface area contributed by atoms with Gasteiger partial charge in [-0.05, 0) is 58.8 Å². The Labute approximate surface area is 197 Å². The van der Waals surface area contributed by atoms with Gasteiger partial charge in [-0.1, -0.05) is 32.4 Å². The number of ether oxygens (including phenoxy) is 2. The van der Waals surface area contributed by atoms with Crippen molar-refractivity contribution in [3.8, 4) is 5.75 Å². The summed E-state index contributed by atoms with van der Waals surface area (Å²) in [4.78, 5) is 12.3. The lowest BCUT2D eigenvalue weighted by molar-refractivity contribution is -0.187. The highest BCUT2D eigenvalue weighted by molar-refractivity contribution is 6.74. The number of ketones is 1. The monoisotopic (exact) mass is 491 g/mol. The summed E-state index contributed by atoms with van der Waals surface area (Å²) in [6.07, 6.45) is -1.42. The number of aliphatic hydroxyl groups is 1. The normalized spacial score (nSPS) is 14.9. The maximum absolute atomic E-state index is 15.4. The van der Waals surface area contributed by atoms with Crippen LogP contribution in [0.25, 0.3) is 0 Å². The first-order chi connectivity index (χ1) is 14.4. The molecule has 6 nitrogen and oxygen atoms in total. The summed E-state index contributed by atoms with van der Waals surface area (Å²) < 4.78 is 33.0. The number of carbonyl (C=O) groups is 1. The zero-order valence-electron chi connectivity index (χ0n) is 21.0.